The second-order valence-electron chi connectivity index (χ2n) is 4.16. The number of aliphatic hydroxyl groups is 1. The predicted octanol–water partition coefficient (Wildman–Crippen LogP) is 2.78. The SMILES string of the molecule is C=C(C)C(=O)OC(C)(O)CCCCCC. The number of ether oxygens (including phenoxy) is 1. The van der Waals surface area contributed by atoms with Crippen molar-refractivity contribution in [1.29, 1.82) is 0 Å². The number of esters is 1. The van der Waals surface area contributed by atoms with Gasteiger partial charge in [0.05, 0.1) is 0 Å². The van der Waals surface area contributed by atoms with Gasteiger partial charge in [0.25, 0.3) is 0 Å². The summed E-state index contributed by atoms with van der Waals surface area (Å²) in [5.41, 5.74) is 0.309. The van der Waals surface area contributed by atoms with E-state index in [1.165, 1.54) is 6.92 Å². The summed E-state index contributed by atoms with van der Waals surface area (Å²) in [5.74, 6) is -1.89. The van der Waals surface area contributed by atoms with E-state index in [9.17, 15) is 9.90 Å². The quantitative estimate of drug-likeness (QED) is 0.307. The van der Waals surface area contributed by atoms with Crippen molar-refractivity contribution < 1.29 is 14.6 Å². The van der Waals surface area contributed by atoms with Crippen LogP contribution in [0.1, 0.15) is 52.9 Å². The Bertz CT molecular complexity index is 219. The molecule has 88 valence electrons. The molecule has 0 amide bonds. The Morgan fingerprint density at radius 2 is 2.00 bits per heavy atom. The van der Waals surface area contributed by atoms with Gasteiger partial charge < -0.3 is 9.84 Å². The van der Waals surface area contributed by atoms with Gasteiger partial charge >= 0.3 is 5.97 Å². The summed E-state index contributed by atoms with van der Waals surface area (Å²) >= 11 is 0. The monoisotopic (exact) mass is 214 g/mol. The van der Waals surface area contributed by atoms with E-state index in [4.69, 9.17) is 4.74 Å². The second kappa shape index (κ2) is 6.62. The van der Waals surface area contributed by atoms with E-state index in [0.29, 0.717) is 12.0 Å². The molecule has 0 saturated carbocycles. The molecule has 3 nitrogen and oxygen atoms in total. The van der Waals surface area contributed by atoms with Crippen LogP contribution in [0.3, 0.4) is 0 Å². The molecular weight excluding hydrogens is 192 g/mol. The molecule has 0 spiro atoms. The summed E-state index contributed by atoms with van der Waals surface area (Å²) in [6, 6.07) is 0. The number of unbranched alkanes of at least 4 members (excludes halogenated alkanes) is 3. The molecule has 15 heavy (non-hydrogen) atoms. The third kappa shape index (κ3) is 7.14. The number of hydrogen-bond donors (Lipinski definition) is 1. The Balaban J connectivity index is 3.86. The van der Waals surface area contributed by atoms with Gasteiger partial charge in [-0.05, 0) is 13.3 Å². The lowest BCUT2D eigenvalue weighted by Gasteiger charge is -2.23. The highest BCUT2D eigenvalue weighted by Crippen LogP contribution is 2.17. The molecule has 0 aliphatic carbocycles. The van der Waals surface area contributed by atoms with Gasteiger partial charge in [-0.25, -0.2) is 4.79 Å². The Hall–Kier alpha value is -0.830. The smallest absolute Gasteiger partial charge is 0.335 e. The minimum absolute atomic E-state index is 0.309. The zero-order chi connectivity index (χ0) is 11.9. The maximum Gasteiger partial charge on any atom is 0.335 e. The Labute approximate surface area is 92.1 Å². The summed E-state index contributed by atoms with van der Waals surface area (Å²) in [4.78, 5) is 11.2. The minimum Gasteiger partial charge on any atom is -0.430 e. The van der Waals surface area contributed by atoms with E-state index in [1.807, 2.05) is 0 Å². The Kier molecular flexibility index (Phi) is 6.25. The van der Waals surface area contributed by atoms with Gasteiger partial charge in [0, 0.05) is 18.9 Å². The van der Waals surface area contributed by atoms with E-state index < -0.39 is 11.8 Å². The van der Waals surface area contributed by atoms with Crippen LogP contribution in [0, 0.1) is 0 Å². The maximum absolute atomic E-state index is 11.2. The topological polar surface area (TPSA) is 46.5 Å². The number of carbonyl (C=O) groups is 1. The highest BCUT2D eigenvalue weighted by molar-refractivity contribution is 5.87. The van der Waals surface area contributed by atoms with Crippen LogP contribution in [0.5, 0.6) is 0 Å². The molecular formula is C12H22O3. The average molecular weight is 214 g/mol. The summed E-state index contributed by atoms with van der Waals surface area (Å²) in [5, 5.41) is 9.75. The largest absolute Gasteiger partial charge is 0.430 e. The van der Waals surface area contributed by atoms with Crippen LogP contribution in [0.15, 0.2) is 12.2 Å². The number of hydrogen-bond acceptors (Lipinski definition) is 3. The molecule has 0 aliphatic heterocycles. The summed E-state index contributed by atoms with van der Waals surface area (Å²) in [6.07, 6.45) is 4.69. The van der Waals surface area contributed by atoms with Gasteiger partial charge in [0.15, 0.2) is 0 Å². The van der Waals surface area contributed by atoms with E-state index in [2.05, 4.69) is 13.5 Å². The lowest BCUT2D eigenvalue weighted by atomic mass is 10.1. The van der Waals surface area contributed by atoms with Gasteiger partial charge in [-0.1, -0.05) is 32.8 Å². The lowest BCUT2D eigenvalue weighted by Crippen LogP contribution is -2.31. The van der Waals surface area contributed by atoms with Gasteiger partial charge in [0.1, 0.15) is 0 Å². The van der Waals surface area contributed by atoms with Gasteiger partial charge in [-0.15, -0.1) is 0 Å². The maximum atomic E-state index is 11.2. The first kappa shape index (κ1) is 14.2. The third-order valence-corrected chi connectivity index (χ3v) is 2.16. The van der Waals surface area contributed by atoms with Crippen LogP contribution in [-0.4, -0.2) is 16.9 Å². The molecule has 0 aromatic carbocycles. The van der Waals surface area contributed by atoms with Crippen LogP contribution < -0.4 is 0 Å². The summed E-state index contributed by atoms with van der Waals surface area (Å²) < 4.78 is 4.90. The molecule has 3 heteroatoms. The highest BCUT2D eigenvalue weighted by Gasteiger charge is 2.24. The molecule has 0 aliphatic rings. The molecule has 0 aromatic heterocycles. The third-order valence-electron chi connectivity index (χ3n) is 2.16. The van der Waals surface area contributed by atoms with Crippen LogP contribution in [0.4, 0.5) is 0 Å². The molecule has 1 atom stereocenters. The molecule has 0 heterocycles. The zero-order valence-electron chi connectivity index (χ0n) is 10.0. The van der Waals surface area contributed by atoms with E-state index in [1.54, 1.807) is 6.92 Å². The fraction of sp³-hybridized carbons (Fsp3) is 0.750. The molecule has 0 radical (unpaired) electrons. The predicted molar refractivity (Wildman–Crippen MR) is 60.3 cm³/mol. The second-order valence-corrected chi connectivity index (χ2v) is 4.16. The molecule has 0 aromatic rings. The van der Waals surface area contributed by atoms with Crippen LogP contribution in [0.25, 0.3) is 0 Å². The van der Waals surface area contributed by atoms with Crippen molar-refractivity contribution in [2.24, 2.45) is 0 Å². The van der Waals surface area contributed by atoms with Gasteiger partial charge in [-0.2, -0.15) is 0 Å². The van der Waals surface area contributed by atoms with Gasteiger partial charge in [-0.3, -0.25) is 0 Å². The van der Waals surface area contributed by atoms with Crippen LogP contribution in [-0.2, 0) is 9.53 Å². The van der Waals surface area contributed by atoms with Crippen LogP contribution in [0.2, 0.25) is 0 Å². The fourth-order valence-corrected chi connectivity index (χ4v) is 1.22. The van der Waals surface area contributed by atoms with E-state index >= 15 is 0 Å². The summed E-state index contributed by atoms with van der Waals surface area (Å²) in [6.45, 7) is 8.67. The molecule has 0 fully saturated rings. The normalized spacial score (nSPS) is 14.4. The number of rotatable bonds is 7. The van der Waals surface area contributed by atoms with Crippen molar-refractivity contribution in [3.05, 3.63) is 12.2 Å². The van der Waals surface area contributed by atoms with E-state index in [-0.39, 0.29) is 0 Å². The van der Waals surface area contributed by atoms with Crippen molar-refractivity contribution in [3.63, 3.8) is 0 Å². The van der Waals surface area contributed by atoms with Crippen molar-refractivity contribution in [1.82, 2.24) is 0 Å². The first-order chi connectivity index (χ1) is 6.89. The first-order valence-electron chi connectivity index (χ1n) is 5.50. The average Bonchev–Trinajstić information content (AvgIpc) is 2.11. The summed E-state index contributed by atoms with van der Waals surface area (Å²) in [7, 11) is 0. The number of carbonyl (C=O) groups excluding carboxylic acids is 1. The Morgan fingerprint density at radius 3 is 2.47 bits per heavy atom. The van der Waals surface area contributed by atoms with Crippen molar-refractivity contribution in [3.8, 4) is 0 Å². The standard InChI is InChI=1S/C12H22O3/c1-5-6-7-8-9-12(4,14)15-11(13)10(2)3/h14H,2,5-9H2,1,3-4H3. The molecule has 0 saturated heterocycles. The van der Waals surface area contributed by atoms with Crippen LogP contribution >= 0.6 is 0 Å². The molecule has 1 unspecified atom stereocenters. The van der Waals surface area contributed by atoms with Gasteiger partial charge in [0.2, 0.25) is 5.79 Å². The van der Waals surface area contributed by atoms with E-state index in [0.717, 1.165) is 25.7 Å². The first-order valence-corrected chi connectivity index (χ1v) is 5.50. The molecule has 0 rings (SSSR count). The lowest BCUT2D eigenvalue weighted by molar-refractivity contribution is -0.200. The minimum atomic E-state index is -1.36. The Morgan fingerprint density at radius 1 is 1.40 bits per heavy atom. The molecule has 1 N–H and O–H groups in total. The fourth-order valence-electron chi connectivity index (χ4n) is 1.22. The van der Waals surface area contributed by atoms with Crippen molar-refractivity contribution in [2.75, 3.05) is 0 Å². The highest BCUT2D eigenvalue weighted by atomic mass is 16.7. The molecule has 0 bridgehead atoms. The van der Waals surface area contributed by atoms with Crippen molar-refractivity contribution >= 4 is 5.97 Å². The van der Waals surface area contributed by atoms with Crippen molar-refractivity contribution in [2.45, 2.75) is 58.7 Å². The zero-order valence-corrected chi connectivity index (χ0v) is 10.0.